The van der Waals surface area contributed by atoms with Crippen LogP contribution in [-0.4, -0.2) is 24.4 Å². The third kappa shape index (κ3) is 3.25. The lowest BCUT2D eigenvalue weighted by atomic mass is 10.2. The smallest absolute Gasteiger partial charge is 0.133 e. The van der Waals surface area contributed by atoms with E-state index in [4.69, 9.17) is 0 Å². The number of carbonyl (C=O) groups excluding carboxylic acids is 1. The van der Waals surface area contributed by atoms with Crippen LogP contribution in [-0.2, 0) is 11.2 Å². The fourth-order valence-electron chi connectivity index (χ4n) is 0.943. The molecule has 0 unspecified atom stereocenters. The van der Waals surface area contributed by atoms with Crippen LogP contribution in [0, 0.1) is 0 Å². The van der Waals surface area contributed by atoms with Gasteiger partial charge in [-0.25, -0.2) is 0 Å². The van der Waals surface area contributed by atoms with Gasteiger partial charge in [0, 0.05) is 12.4 Å². The van der Waals surface area contributed by atoms with Gasteiger partial charge >= 0.3 is 0 Å². The fraction of sp³-hybridized carbons (Fsp3) is 0.333. The number of nitrogens with zero attached hydrogens (tertiary/aromatic N) is 1. The average Bonchev–Trinajstić information content (AvgIpc) is 2.14. The molecule has 0 saturated carbocycles. The van der Waals surface area contributed by atoms with E-state index < -0.39 is 0 Å². The van der Waals surface area contributed by atoms with Gasteiger partial charge in [-0.3, -0.25) is 4.98 Å². The van der Waals surface area contributed by atoms with Gasteiger partial charge in [-0.15, -0.1) is 0 Å². The molecule has 0 atom stereocenters. The molecular formula is C9H12N2O. The quantitative estimate of drug-likeness (QED) is 0.506. The maximum atomic E-state index is 9.94. The van der Waals surface area contributed by atoms with E-state index in [0.717, 1.165) is 19.3 Å². The van der Waals surface area contributed by atoms with Gasteiger partial charge in [0.05, 0.1) is 6.54 Å². The molecule has 1 aromatic rings. The molecule has 0 aliphatic carbocycles. The van der Waals surface area contributed by atoms with E-state index in [1.54, 1.807) is 12.4 Å². The number of aromatic nitrogens is 1. The molecule has 64 valence electrons. The van der Waals surface area contributed by atoms with Crippen molar-refractivity contribution in [2.24, 2.45) is 0 Å². The summed E-state index contributed by atoms with van der Waals surface area (Å²) in [7, 11) is 0. The highest BCUT2D eigenvalue weighted by Gasteiger charge is 1.89. The molecule has 1 heterocycles. The summed E-state index contributed by atoms with van der Waals surface area (Å²) in [6.07, 6.45) is 5.35. The van der Waals surface area contributed by atoms with Crippen LogP contribution in [0.15, 0.2) is 24.5 Å². The van der Waals surface area contributed by atoms with E-state index in [-0.39, 0.29) is 0 Å². The number of hydrogen-bond acceptors (Lipinski definition) is 3. The third-order valence-corrected chi connectivity index (χ3v) is 1.57. The molecule has 0 fully saturated rings. The summed E-state index contributed by atoms with van der Waals surface area (Å²) >= 11 is 0. The lowest BCUT2D eigenvalue weighted by Gasteiger charge is -1.99. The van der Waals surface area contributed by atoms with Crippen LogP contribution in [0.4, 0.5) is 0 Å². The Labute approximate surface area is 71.8 Å². The normalized spacial score (nSPS) is 9.67. The first-order chi connectivity index (χ1) is 5.93. The van der Waals surface area contributed by atoms with Gasteiger partial charge in [0.1, 0.15) is 6.29 Å². The molecule has 12 heavy (non-hydrogen) atoms. The summed E-state index contributed by atoms with van der Waals surface area (Å²) in [4.78, 5) is 13.9. The Morgan fingerprint density at radius 3 is 2.83 bits per heavy atom. The van der Waals surface area contributed by atoms with Gasteiger partial charge in [-0.2, -0.15) is 0 Å². The molecule has 1 aromatic heterocycles. The minimum Gasteiger partial charge on any atom is -0.310 e. The second-order valence-electron chi connectivity index (χ2n) is 2.48. The van der Waals surface area contributed by atoms with Crippen molar-refractivity contribution in [3.8, 4) is 0 Å². The maximum Gasteiger partial charge on any atom is 0.133 e. The molecular weight excluding hydrogens is 152 g/mol. The molecule has 0 aliphatic heterocycles. The van der Waals surface area contributed by atoms with Crippen LogP contribution in [0.2, 0.25) is 0 Å². The minimum absolute atomic E-state index is 0.436. The zero-order valence-electron chi connectivity index (χ0n) is 6.86. The predicted molar refractivity (Wildman–Crippen MR) is 46.9 cm³/mol. The number of aldehydes is 1. The third-order valence-electron chi connectivity index (χ3n) is 1.57. The van der Waals surface area contributed by atoms with Gasteiger partial charge < -0.3 is 10.1 Å². The molecule has 0 aromatic carbocycles. The molecule has 0 saturated heterocycles. The van der Waals surface area contributed by atoms with Gasteiger partial charge in [0.2, 0.25) is 0 Å². The second-order valence-corrected chi connectivity index (χ2v) is 2.48. The van der Waals surface area contributed by atoms with Crippen LogP contribution in [0.1, 0.15) is 5.56 Å². The zero-order chi connectivity index (χ0) is 8.65. The molecule has 0 amide bonds. The molecule has 1 rings (SSSR count). The lowest BCUT2D eigenvalue weighted by molar-refractivity contribution is -0.107. The highest BCUT2D eigenvalue weighted by Crippen LogP contribution is 1.95. The van der Waals surface area contributed by atoms with Crippen LogP contribution in [0.5, 0.6) is 0 Å². The summed E-state index contributed by atoms with van der Waals surface area (Å²) in [6, 6.07) is 3.95. The number of hydrogen-bond donors (Lipinski definition) is 1. The van der Waals surface area contributed by atoms with Crippen LogP contribution >= 0.6 is 0 Å². The summed E-state index contributed by atoms with van der Waals surface area (Å²) in [5, 5.41) is 3.00. The summed E-state index contributed by atoms with van der Waals surface area (Å²) in [5.41, 5.74) is 1.24. The van der Waals surface area contributed by atoms with Gasteiger partial charge in [0.25, 0.3) is 0 Å². The first kappa shape index (κ1) is 8.87. The topological polar surface area (TPSA) is 42.0 Å². The lowest BCUT2D eigenvalue weighted by Crippen LogP contribution is -2.19. The van der Waals surface area contributed by atoms with Crippen LogP contribution < -0.4 is 5.32 Å². The molecule has 1 N–H and O–H groups in total. The second kappa shape index (κ2) is 5.43. The predicted octanol–water partition coefficient (Wildman–Crippen LogP) is 0.413. The Morgan fingerprint density at radius 1 is 1.42 bits per heavy atom. The minimum atomic E-state index is 0.436. The Kier molecular flexibility index (Phi) is 4.02. The van der Waals surface area contributed by atoms with Crippen molar-refractivity contribution in [3.05, 3.63) is 30.1 Å². The van der Waals surface area contributed by atoms with Crippen molar-refractivity contribution in [1.82, 2.24) is 10.3 Å². The Bertz CT molecular complexity index is 223. The van der Waals surface area contributed by atoms with Crippen LogP contribution in [0.25, 0.3) is 0 Å². The molecule has 3 heteroatoms. The largest absolute Gasteiger partial charge is 0.310 e. The number of rotatable bonds is 5. The monoisotopic (exact) mass is 164 g/mol. The van der Waals surface area contributed by atoms with Crippen molar-refractivity contribution in [1.29, 1.82) is 0 Å². The number of nitrogens with one attached hydrogen (secondary N) is 1. The van der Waals surface area contributed by atoms with E-state index in [1.165, 1.54) is 5.56 Å². The Balaban J connectivity index is 2.20. The number of carbonyl (C=O) groups is 1. The Morgan fingerprint density at radius 2 is 2.17 bits per heavy atom. The molecule has 0 spiro atoms. The molecule has 0 aliphatic rings. The molecule has 0 bridgehead atoms. The van der Waals surface area contributed by atoms with Crippen molar-refractivity contribution in [3.63, 3.8) is 0 Å². The van der Waals surface area contributed by atoms with Crippen molar-refractivity contribution >= 4 is 6.29 Å². The highest BCUT2D eigenvalue weighted by atomic mass is 16.1. The summed E-state index contributed by atoms with van der Waals surface area (Å²) in [5.74, 6) is 0. The Hall–Kier alpha value is -1.22. The fourth-order valence-corrected chi connectivity index (χ4v) is 0.943. The summed E-state index contributed by atoms with van der Waals surface area (Å²) in [6.45, 7) is 1.27. The molecule has 3 nitrogen and oxygen atoms in total. The van der Waals surface area contributed by atoms with E-state index in [2.05, 4.69) is 10.3 Å². The van der Waals surface area contributed by atoms with Crippen LogP contribution in [0.3, 0.4) is 0 Å². The first-order valence-corrected chi connectivity index (χ1v) is 3.97. The van der Waals surface area contributed by atoms with E-state index in [0.29, 0.717) is 6.54 Å². The SMILES string of the molecule is O=CCNCCc1ccncc1. The van der Waals surface area contributed by atoms with Crippen molar-refractivity contribution in [2.75, 3.05) is 13.1 Å². The average molecular weight is 164 g/mol. The van der Waals surface area contributed by atoms with Gasteiger partial charge in [0.15, 0.2) is 0 Å². The molecule has 0 radical (unpaired) electrons. The van der Waals surface area contributed by atoms with Crippen molar-refractivity contribution in [2.45, 2.75) is 6.42 Å². The van der Waals surface area contributed by atoms with Crippen molar-refractivity contribution < 1.29 is 4.79 Å². The zero-order valence-corrected chi connectivity index (χ0v) is 6.86. The summed E-state index contributed by atoms with van der Waals surface area (Å²) < 4.78 is 0. The number of pyridine rings is 1. The van der Waals surface area contributed by atoms with Gasteiger partial charge in [-0.05, 0) is 30.7 Å². The maximum absolute atomic E-state index is 9.94. The standard InChI is InChI=1S/C9H12N2O/c12-8-7-11-6-3-9-1-4-10-5-2-9/h1-2,4-5,8,11H,3,6-7H2. The van der Waals surface area contributed by atoms with E-state index >= 15 is 0 Å². The first-order valence-electron chi connectivity index (χ1n) is 3.97. The highest BCUT2D eigenvalue weighted by molar-refractivity contribution is 5.51. The van der Waals surface area contributed by atoms with E-state index in [1.807, 2.05) is 12.1 Å². The van der Waals surface area contributed by atoms with E-state index in [9.17, 15) is 4.79 Å². The van der Waals surface area contributed by atoms with Gasteiger partial charge in [-0.1, -0.05) is 0 Å².